The number of aromatic nitrogens is 2. The van der Waals surface area contributed by atoms with E-state index in [2.05, 4.69) is 15.3 Å². The zero-order valence-electron chi connectivity index (χ0n) is 12.7. The second kappa shape index (κ2) is 6.18. The van der Waals surface area contributed by atoms with Gasteiger partial charge in [0.2, 0.25) is 0 Å². The molecule has 1 N–H and O–H groups in total. The van der Waals surface area contributed by atoms with E-state index in [1.54, 1.807) is 13.1 Å². The number of benzene rings is 1. The Labute approximate surface area is 134 Å². The van der Waals surface area contributed by atoms with Gasteiger partial charge in [-0.05, 0) is 31.7 Å². The van der Waals surface area contributed by atoms with Crippen LogP contribution in [0.1, 0.15) is 33.9 Å². The molecule has 0 fully saturated rings. The van der Waals surface area contributed by atoms with Crippen LogP contribution in [0.25, 0.3) is 0 Å². The minimum absolute atomic E-state index is 0.0674. The van der Waals surface area contributed by atoms with Gasteiger partial charge < -0.3 is 5.32 Å². The van der Waals surface area contributed by atoms with Crippen molar-refractivity contribution in [1.29, 1.82) is 0 Å². The summed E-state index contributed by atoms with van der Waals surface area (Å²) in [5.74, 6) is -7.20. The number of amides is 1. The second-order valence-electron chi connectivity index (χ2n) is 5.65. The number of fused-ring (bicyclic) bond motifs is 1. The number of hydrogen-bond donors (Lipinski definition) is 1. The van der Waals surface area contributed by atoms with Crippen molar-refractivity contribution in [3.63, 3.8) is 0 Å². The van der Waals surface area contributed by atoms with E-state index in [1.807, 2.05) is 0 Å². The van der Waals surface area contributed by atoms with E-state index in [0.29, 0.717) is 25.1 Å². The van der Waals surface area contributed by atoms with Crippen LogP contribution in [0.4, 0.5) is 17.6 Å². The van der Waals surface area contributed by atoms with Gasteiger partial charge in [-0.25, -0.2) is 27.5 Å². The molecular weight excluding hydrogens is 326 g/mol. The molecule has 0 saturated heterocycles. The molecule has 0 aliphatic heterocycles. The monoisotopic (exact) mass is 339 g/mol. The van der Waals surface area contributed by atoms with Crippen molar-refractivity contribution in [2.45, 2.75) is 32.2 Å². The summed E-state index contributed by atoms with van der Waals surface area (Å²) in [6.07, 6.45) is 3.07. The Morgan fingerprint density at radius 3 is 2.54 bits per heavy atom. The quantitative estimate of drug-likeness (QED) is 0.676. The predicted octanol–water partition coefficient (Wildman–Crippen LogP) is 2.63. The summed E-state index contributed by atoms with van der Waals surface area (Å²) in [4.78, 5) is 20.4. The standard InChI is InChI=1S/C16H13F4N3O/c1-7-21-6-8-4-9(2-3-12(8)22-7)23-16(24)13-14(19)10(17)5-11(18)15(13)20/h5-6,9H,2-4H2,1H3,(H,23,24)/t9-/m1/s1. The molecule has 1 aromatic carbocycles. The first-order valence-corrected chi connectivity index (χ1v) is 7.32. The summed E-state index contributed by atoms with van der Waals surface area (Å²) in [6, 6.07) is -0.362. The Hall–Kier alpha value is -2.51. The first-order chi connectivity index (χ1) is 11.4. The van der Waals surface area contributed by atoms with Crippen molar-refractivity contribution in [2.75, 3.05) is 0 Å². The molecule has 1 aromatic heterocycles. The van der Waals surface area contributed by atoms with Gasteiger partial charge in [-0.1, -0.05) is 0 Å². The van der Waals surface area contributed by atoms with Gasteiger partial charge >= 0.3 is 0 Å². The largest absolute Gasteiger partial charge is 0.349 e. The highest BCUT2D eigenvalue weighted by Crippen LogP contribution is 2.22. The Balaban J connectivity index is 1.81. The fourth-order valence-electron chi connectivity index (χ4n) is 2.76. The van der Waals surface area contributed by atoms with Crippen LogP contribution in [0.2, 0.25) is 0 Å². The van der Waals surface area contributed by atoms with Gasteiger partial charge in [-0.15, -0.1) is 0 Å². The number of aryl methyl sites for hydroxylation is 2. The van der Waals surface area contributed by atoms with Crippen LogP contribution in [0.5, 0.6) is 0 Å². The van der Waals surface area contributed by atoms with Gasteiger partial charge in [0.05, 0.1) is 0 Å². The number of nitrogens with zero attached hydrogens (tertiary/aromatic N) is 2. The Bertz CT molecular complexity index is 799. The van der Waals surface area contributed by atoms with E-state index in [0.717, 1.165) is 11.3 Å². The summed E-state index contributed by atoms with van der Waals surface area (Å²) < 4.78 is 53.8. The smallest absolute Gasteiger partial charge is 0.257 e. The van der Waals surface area contributed by atoms with E-state index in [4.69, 9.17) is 0 Å². The van der Waals surface area contributed by atoms with Crippen LogP contribution in [-0.4, -0.2) is 21.9 Å². The average Bonchev–Trinajstić information content (AvgIpc) is 2.53. The van der Waals surface area contributed by atoms with Crippen molar-refractivity contribution in [3.05, 3.63) is 58.2 Å². The number of hydrogen-bond acceptors (Lipinski definition) is 3. The number of carbonyl (C=O) groups is 1. The third kappa shape index (κ3) is 2.95. The molecule has 1 atom stereocenters. The predicted molar refractivity (Wildman–Crippen MR) is 76.3 cm³/mol. The van der Waals surface area contributed by atoms with Crippen LogP contribution in [-0.2, 0) is 12.8 Å². The Morgan fingerprint density at radius 2 is 1.88 bits per heavy atom. The van der Waals surface area contributed by atoms with Crippen LogP contribution in [0.15, 0.2) is 12.3 Å². The molecule has 1 amide bonds. The molecular formula is C16H13F4N3O. The van der Waals surface area contributed by atoms with E-state index in [1.165, 1.54) is 0 Å². The highest BCUT2D eigenvalue weighted by molar-refractivity contribution is 5.95. The molecule has 0 spiro atoms. The highest BCUT2D eigenvalue weighted by atomic mass is 19.2. The van der Waals surface area contributed by atoms with Crippen molar-refractivity contribution in [3.8, 4) is 0 Å². The molecule has 1 heterocycles. The summed E-state index contributed by atoms with van der Waals surface area (Å²) in [5.41, 5.74) is 0.434. The van der Waals surface area contributed by atoms with Gasteiger partial charge in [0, 0.05) is 24.0 Å². The molecule has 4 nitrogen and oxygen atoms in total. The molecule has 1 aliphatic carbocycles. The summed E-state index contributed by atoms with van der Waals surface area (Å²) >= 11 is 0. The van der Waals surface area contributed by atoms with Gasteiger partial charge in [-0.3, -0.25) is 4.79 Å². The van der Waals surface area contributed by atoms with E-state index < -0.39 is 40.8 Å². The molecule has 3 rings (SSSR count). The average molecular weight is 339 g/mol. The molecule has 0 radical (unpaired) electrons. The molecule has 24 heavy (non-hydrogen) atoms. The molecule has 0 saturated carbocycles. The second-order valence-corrected chi connectivity index (χ2v) is 5.65. The highest BCUT2D eigenvalue weighted by Gasteiger charge is 2.28. The minimum Gasteiger partial charge on any atom is -0.349 e. The molecule has 8 heteroatoms. The molecule has 0 unspecified atom stereocenters. The SMILES string of the molecule is Cc1ncc2c(n1)CC[C@@H](NC(=O)c1c(F)c(F)cc(F)c1F)C2. The number of nitrogens with one attached hydrogen (secondary N) is 1. The summed E-state index contributed by atoms with van der Waals surface area (Å²) in [5, 5.41) is 2.42. The van der Waals surface area contributed by atoms with Gasteiger partial charge in [0.25, 0.3) is 5.91 Å². The molecule has 1 aliphatic rings. The molecule has 0 bridgehead atoms. The zero-order valence-corrected chi connectivity index (χ0v) is 12.7. The maximum absolute atomic E-state index is 13.7. The van der Waals surface area contributed by atoms with Crippen molar-refractivity contribution in [2.24, 2.45) is 0 Å². The van der Waals surface area contributed by atoms with Gasteiger partial charge in [0.15, 0.2) is 23.3 Å². The Morgan fingerprint density at radius 1 is 1.21 bits per heavy atom. The normalized spacial score (nSPS) is 16.6. The van der Waals surface area contributed by atoms with E-state index >= 15 is 0 Å². The number of halogens is 4. The van der Waals surface area contributed by atoms with Crippen LogP contribution >= 0.6 is 0 Å². The van der Waals surface area contributed by atoms with Crippen molar-refractivity contribution < 1.29 is 22.4 Å². The number of carbonyl (C=O) groups excluding carboxylic acids is 1. The molecule has 126 valence electrons. The number of rotatable bonds is 2. The zero-order chi connectivity index (χ0) is 17.4. The first-order valence-electron chi connectivity index (χ1n) is 7.32. The lowest BCUT2D eigenvalue weighted by molar-refractivity contribution is 0.0922. The topological polar surface area (TPSA) is 54.9 Å². The maximum atomic E-state index is 13.7. The fourth-order valence-corrected chi connectivity index (χ4v) is 2.76. The van der Waals surface area contributed by atoms with Gasteiger partial charge in [-0.2, -0.15) is 0 Å². The Kier molecular flexibility index (Phi) is 4.21. The van der Waals surface area contributed by atoms with Crippen molar-refractivity contribution in [1.82, 2.24) is 15.3 Å². The van der Waals surface area contributed by atoms with E-state index in [-0.39, 0.29) is 6.07 Å². The van der Waals surface area contributed by atoms with Crippen LogP contribution < -0.4 is 5.32 Å². The lowest BCUT2D eigenvalue weighted by Crippen LogP contribution is -2.40. The van der Waals surface area contributed by atoms with Crippen LogP contribution in [0, 0.1) is 30.2 Å². The fraction of sp³-hybridized carbons (Fsp3) is 0.312. The van der Waals surface area contributed by atoms with Crippen LogP contribution in [0.3, 0.4) is 0 Å². The first kappa shape index (κ1) is 16.4. The summed E-state index contributed by atoms with van der Waals surface area (Å²) in [6.45, 7) is 1.76. The van der Waals surface area contributed by atoms with E-state index in [9.17, 15) is 22.4 Å². The lowest BCUT2D eigenvalue weighted by atomic mass is 9.92. The van der Waals surface area contributed by atoms with Crippen molar-refractivity contribution >= 4 is 5.91 Å². The third-order valence-electron chi connectivity index (χ3n) is 3.94. The van der Waals surface area contributed by atoms with Gasteiger partial charge in [0.1, 0.15) is 11.4 Å². The third-order valence-corrected chi connectivity index (χ3v) is 3.94. The maximum Gasteiger partial charge on any atom is 0.257 e. The lowest BCUT2D eigenvalue weighted by Gasteiger charge is -2.25. The minimum atomic E-state index is -1.71. The molecule has 2 aromatic rings. The summed E-state index contributed by atoms with van der Waals surface area (Å²) in [7, 11) is 0.